The normalized spacial score (nSPS) is 13.4. The van der Waals surface area contributed by atoms with Crippen molar-refractivity contribution in [3.8, 4) is 67.7 Å². The van der Waals surface area contributed by atoms with Gasteiger partial charge in [-0.3, -0.25) is 0 Å². The molecule has 10 rings (SSSR count). The van der Waals surface area contributed by atoms with Crippen LogP contribution in [0.15, 0.2) is 170 Å². The molecule has 2 heterocycles. The maximum Gasteiger partial charge on any atom is 0.182 e. The lowest BCUT2D eigenvalue weighted by Gasteiger charge is -2.39. The molecule has 0 fully saturated rings. The second-order valence-corrected chi connectivity index (χ2v) is 15.2. The number of hydrogen-bond acceptors (Lipinski definition) is 4. The molecule has 0 radical (unpaired) electrons. The summed E-state index contributed by atoms with van der Waals surface area (Å²) in [5.74, 6) is 2.28. The minimum atomic E-state index is -0.596. The first-order chi connectivity index (χ1) is 26.4. The van der Waals surface area contributed by atoms with Gasteiger partial charge in [0.25, 0.3) is 0 Å². The molecule has 0 saturated heterocycles. The fourth-order valence-electron chi connectivity index (χ4n) is 8.51. The van der Waals surface area contributed by atoms with Gasteiger partial charge in [-0.15, -0.1) is 10.2 Å². The molecule has 7 aromatic carbocycles. The van der Waals surface area contributed by atoms with E-state index < -0.39 is 5.41 Å². The highest BCUT2D eigenvalue weighted by Crippen LogP contribution is 2.62. The second kappa shape index (κ2) is 12.2. The van der Waals surface area contributed by atoms with Crippen LogP contribution >= 0.6 is 0 Å². The molecule has 1 spiro atoms. The van der Waals surface area contributed by atoms with Gasteiger partial charge in [0.2, 0.25) is 0 Å². The molecule has 54 heavy (non-hydrogen) atoms. The third-order valence-electron chi connectivity index (χ3n) is 11.1. The molecule has 2 aliphatic rings. The molecular weight excluding hydrogens is 659 g/mol. The number of hydrogen-bond donors (Lipinski definition) is 0. The minimum Gasteiger partial charge on any atom is -0.457 e. The summed E-state index contributed by atoms with van der Waals surface area (Å²) in [5.41, 5.74) is 14.4. The zero-order valence-corrected chi connectivity index (χ0v) is 30.4. The summed E-state index contributed by atoms with van der Waals surface area (Å²) in [5, 5.41) is 9.82. The van der Waals surface area contributed by atoms with Crippen molar-refractivity contribution in [3.63, 3.8) is 0 Å². The number of aromatic nitrogens is 3. The highest BCUT2D eigenvalue weighted by atomic mass is 16.5. The number of rotatable bonds is 4. The summed E-state index contributed by atoms with van der Waals surface area (Å²) in [4.78, 5) is 5.40. The lowest BCUT2D eigenvalue weighted by molar-refractivity contribution is 0.436. The summed E-state index contributed by atoms with van der Waals surface area (Å²) >= 11 is 0. The summed E-state index contributed by atoms with van der Waals surface area (Å²) in [7, 11) is 0. The number of benzene rings is 7. The van der Waals surface area contributed by atoms with Crippen molar-refractivity contribution < 1.29 is 4.74 Å². The fraction of sp³-hybridized carbons (Fsp3) is 0.100. The van der Waals surface area contributed by atoms with Gasteiger partial charge in [-0.2, -0.15) is 0 Å². The van der Waals surface area contributed by atoms with E-state index in [1.165, 1.54) is 27.8 Å². The first-order valence-electron chi connectivity index (χ1n) is 18.5. The van der Waals surface area contributed by atoms with Gasteiger partial charge in [0.1, 0.15) is 22.9 Å². The summed E-state index contributed by atoms with van der Waals surface area (Å²) in [6.07, 6.45) is 0. The van der Waals surface area contributed by atoms with Crippen LogP contribution in [0.2, 0.25) is 0 Å². The molecule has 1 aliphatic heterocycles. The van der Waals surface area contributed by atoms with E-state index in [1.54, 1.807) is 0 Å². The van der Waals surface area contributed by atoms with Crippen LogP contribution in [-0.2, 0) is 10.8 Å². The van der Waals surface area contributed by atoms with Gasteiger partial charge in [0, 0.05) is 27.8 Å². The average Bonchev–Trinajstić information content (AvgIpc) is 3.51. The zero-order valence-electron chi connectivity index (χ0n) is 30.4. The van der Waals surface area contributed by atoms with Crippen LogP contribution in [0.25, 0.3) is 56.2 Å². The van der Waals surface area contributed by atoms with E-state index >= 15 is 0 Å². The van der Waals surface area contributed by atoms with E-state index in [4.69, 9.17) is 19.9 Å². The van der Waals surface area contributed by atoms with Crippen molar-refractivity contribution in [2.45, 2.75) is 31.6 Å². The first kappa shape index (κ1) is 32.0. The van der Waals surface area contributed by atoms with Gasteiger partial charge in [-0.1, -0.05) is 166 Å². The van der Waals surface area contributed by atoms with Crippen LogP contribution in [0.1, 0.15) is 48.6 Å². The van der Waals surface area contributed by atoms with Gasteiger partial charge in [-0.05, 0) is 68.6 Å². The Kier molecular flexibility index (Phi) is 7.24. The Hall–Kier alpha value is -6.65. The van der Waals surface area contributed by atoms with Gasteiger partial charge in [0.05, 0.1) is 5.41 Å². The summed E-state index contributed by atoms with van der Waals surface area (Å²) in [6.45, 7) is 6.68. The zero-order chi connectivity index (χ0) is 36.4. The molecule has 0 saturated carbocycles. The molecule has 0 amide bonds. The Morgan fingerprint density at radius 1 is 0.426 bits per heavy atom. The van der Waals surface area contributed by atoms with Gasteiger partial charge < -0.3 is 4.74 Å². The van der Waals surface area contributed by atoms with Gasteiger partial charge in [-0.25, -0.2) is 4.98 Å². The molecule has 0 unspecified atom stereocenters. The van der Waals surface area contributed by atoms with E-state index in [-0.39, 0.29) is 5.41 Å². The topological polar surface area (TPSA) is 47.9 Å². The summed E-state index contributed by atoms with van der Waals surface area (Å²) < 4.78 is 6.76. The van der Waals surface area contributed by atoms with Crippen molar-refractivity contribution >= 4 is 0 Å². The number of fused-ring (bicyclic) bond motifs is 9. The van der Waals surface area contributed by atoms with Crippen LogP contribution < -0.4 is 4.74 Å². The Balaban J connectivity index is 1.24. The van der Waals surface area contributed by atoms with Crippen molar-refractivity contribution in [1.29, 1.82) is 0 Å². The average molecular weight is 696 g/mol. The molecule has 0 bridgehead atoms. The van der Waals surface area contributed by atoms with Crippen LogP contribution in [0.4, 0.5) is 0 Å². The molecular formula is C50H37N3O. The fourth-order valence-corrected chi connectivity index (χ4v) is 8.51. The van der Waals surface area contributed by atoms with Crippen molar-refractivity contribution in [1.82, 2.24) is 15.2 Å². The Morgan fingerprint density at radius 2 is 0.981 bits per heavy atom. The number of ether oxygens (including phenoxy) is 1. The van der Waals surface area contributed by atoms with Crippen LogP contribution in [0.3, 0.4) is 0 Å². The maximum absolute atomic E-state index is 6.76. The van der Waals surface area contributed by atoms with Gasteiger partial charge in [0.15, 0.2) is 5.82 Å². The molecule has 4 heteroatoms. The molecule has 0 atom stereocenters. The molecule has 1 aromatic heterocycles. The Bertz CT molecular complexity index is 2680. The molecule has 258 valence electrons. The van der Waals surface area contributed by atoms with Crippen LogP contribution in [-0.4, -0.2) is 15.2 Å². The molecule has 0 N–H and O–H groups in total. The Morgan fingerprint density at radius 3 is 1.67 bits per heavy atom. The third-order valence-corrected chi connectivity index (χ3v) is 11.1. The standard InChI is InChI=1S/C50H37N3O/c1-49(2,3)35-28-25-33(26-29-35)48-51-46(47(52-53-48)39-20-8-7-17-36(39)32-15-5-4-6-16-32)34-27-30-45-43(31-34)50(42-23-13-14-24-44(42)54-45)40-21-11-9-18-37(40)38-19-10-12-22-41(38)50/h4-31H,1-3H3. The first-order valence-corrected chi connectivity index (χ1v) is 18.5. The smallest absolute Gasteiger partial charge is 0.182 e. The monoisotopic (exact) mass is 695 g/mol. The lowest BCUT2D eigenvalue weighted by Crippen LogP contribution is -2.32. The second-order valence-electron chi connectivity index (χ2n) is 15.2. The largest absolute Gasteiger partial charge is 0.457 e. The summed E-state index contributed by atoms with van der Waals surface area (Å²) in [6, 6.07) is 60.0. The van der Waals surface area contributed by atoms with Crippen molar-refractivity contribution in [2.75, 3.05) is 0 Å². The van der Waals surface area contributed by atoms with Crippen LogP contribution in [0.5, 0.6) is 11.5 Å². The quantitative estimate of drug-likeness (QED) is 0.184. The van der Waals surface area contributed by atoms with E-state index in [1.807, 2.05) is 6.07 Å². The molecule has 8 aromatic rings. The third kappa shape index (κ3) is 4.87. The molecule has 4 nitrogen and oxygen atoms in total. The van der Waals surface area contributed by atoms with E-state index in [0.29, 0.717) is 5.82 Å². The highest BCUT2D eigenvalue weighted by Gasteiger charge is 2.51. The predicted molar refractivity (Wildman–Crippen MR) is 218 cm³/mol. The minimum absolute atomic E-state index is 0.0328. The number of nitrogens with zero attached hydrogens (tertiary/aromatic N) is 3. The maximum atomic E-state index is 6.76. The van der Waals surface area contributed by atoms with Crippen LogP contribution in [0, 0.1) is 0 Å². The van der Waals surface area contributed by atoms with E-state index in [2.05, 4.69) is 185 Å². The predicted octanol–water partition coefficient (Wildman–Crippen LogP) is 12.3. The van der Waals surface area contributed by atoms with Gasteiger partial charge >= 0.3 is 0 Å². The van der Waals surface area contributed by atoms with Crippen molar-refractivity contribution in [2.24, 2.45) is 0 Å². The highest BCUT2D eigenvalue weighted by molar-refractivity contribution is 5.91. The van der Waals surface area contributed by atoms with E-state index in [9.17, 15) is 0 Å². The lowest BCUT2D eigenvalue weighted by atomic mass is 9.66. The number of para-hydroxylation sites is 1. The SMILES string of the molecule is CC(C)(C)c1ccc(-c2nnc(-c3ccccc3-c3ccccc3)c(-c3ccc4c(c3)C3(c5ccccc5O4)c4ccccc4-c4ccccc43)n2)cc1. The Labute approximate surface area is 315 Å². The van der Waals surface area contributed by atoms with E-state index in [0.717, 1.165) is 61.8 Å². The van der Waals surface area contributed by atoms with Crippen molar-refractivity contribution in [3.05, 3.63) is 198 Å². The molecule has 1 aliphatic carbocycles.